The fourth-order valence-corrected chi connectivity index (χ4v) is 2.91. The molecule has 2 aromatic heterocycles. The van der Waals surface area contributed by atoms with E-state index in [4.69, 9.17) is 23.2 Å². The number of benzene rings is 1. The Morgan fingerprint density at radius 3 is 2.75 bits per heavy atom. The maximum absolute atomic E-state index is 10.1. The van der Waals surface area contributed by atoms with Crippen LogP contribution in [0.1, 0.15) is 16.8 Å². The van der Waals surface area contributed by atoms with Crippen molar-refractivity contribution < 1.29 is 5.11 Å². The quantitative estimate of drug-likeness (QED) is 0.479. The Bertz CT molecular complexity index is 1050. The number of nitrogens with one attached hydrogen (secondary N) is 2. The van der Waals surface area contributed by atoms with Gasteiger partial charge in [-0.25, -0.2) is 9.98 Å². The molecule has 0 unspecified atom stereocenters. The number of anilines is 1. The van der Waals surface area contributed by atoms with Gasteiger partial charge in [-0.15, -0.1) is 24.8 Å². The predicted molar refractivity (Wildman–Crippen MR) is 119 cm³/mol. The highest BCUT2D eigenvalue weighted by atomic mass is 35.5. The zero-order valence-electron chi connectivity index (χ0n) is 14.2. The molecule has 0 radical (unpaired) electrons. The molecule has 0 atom stereocenters. The van der Waals surface area contributed by atoms with E-state index in [9.17, 15) is 5.11 Å². The maximum Gasteiger partial charge on any atom is 0.238 e. The van der Waals surface area contributed by atoms with Gasteiger partial charge in [0.25, 0.3) is 0 Å². The molecule has 28 heavy (non-hydrogen) atoms. The zero-order valence-corrected chi connectivity index (χ0v) is 17.3. The van der Waals surface area contributed by atoms with Gasteiger partial charge < -0.3 is 15.4 Å². The van der Waals surface area contributed by atoms with Crippen molar-refractivity contribution in [3.05, 3.63) is 63.4 Å². The van der Waals surface area contributed by atoms with Gasteiger partial charge in [0.15, 0.2) is 5.82 Å². The number of nitrogens with zero attached hydrogens (tertiary/aromatic N) is 3. The van der Waals surface area contributed by atoms with Crippen LogP contribution in [-0.4, -0.2) is 26.3 Å². The summed E-state index contributed by atoms with van der Waals surface area (Å²) >= 11 is 11.9. The van der Waals surface area contributed by atoms with Crippen LogP contribution >= 0.6 is 48.0 Å². The summed E-state index contributed by atoms with van der Waals surface area (Å²) in [4.78, 5) is 15.6. The topological polar surface area (TPSA) is 86.2 Å². The molecule has 0 amide bonds. The van der Waals surface area contributed by atoms with Gasteiger partial charge in [0.05, 0.1) is 10.0 Å². The lowest BCUT2D eigenvalue weighted by Crippen LogP contribution is -2.00. The largest absolute Gasteiger partial charge is 0.492 e. The van der Waals surface area contributed by atoms with Crippen molar-refractivity contribution in [2.24, 2.45) is 4.99 Å². The number of aromatic amines is 1. The van der Waals surface area contributed by atoms with Crippen LogP contribution in [0, 0.1) is 0 Å². The number of pyridine rings is 1. The van der Waals surface area contributed by atoms with Crippen LogP contribution in [0.15, 0.2) is 41.5 Å². The Labute approximate surface area is 183 Å². The zero-order chi connectivity index (χ0) is 18.1. The molecule has 1 aromatic carbocycles. The maximum atomic E-state index is 10.1. The van der Waals surface area contributed by atoms with Crippen molar-refractivity contribution in [2.75, 3.05) is 5.32 Å². The second kappa shape index (κ2) is 9.30. The first-order valence-electron chi connectivity index (χ1n) is 7.78. The van der Waals surface area contributed by atoms with E-state index in [1.807, 2.05) is 18.2 Å². The average molecular weight is 459 g/mol. The van der Waals surface area contributed by atoms with Crippen molar-refractivity contribution in [3.8, 4) is 5.88 Å². The Morgan fingerprint density at radius 1 is 1.14 bits per heavy atom. The van der Waals surface area contributed by atoms with E-state index in [1.165, 1.54) is 0 Å². The number of halogens is 4. The lowest BCUT2D eigenvalue weighted by molar-refractivity contribution is 0.455. The van der Waals surface area contributed by atoms with Crippen LogP contribution in [-0.2, 0) is 6.54 Å². The first kappa shape index (κ1) is 22.0. The minimum absolute atomic E-state index is 0. The molecule has 3 aromatic rings. The second-order valence-corrected chi connectivity index (χ2v) is 6.47. The molecule has 4 rings (SSSR count). The minimum Gasteiger partial charge on any atom is -0.492 e. The van der Waals surface area contributed by atoms with E-state index in [1.54, 1.807) is 30.6 Å². The monoisotopic (exact) mass is 457 g/mol. The van der Waals surface area contributed by atoms with Crippen molar-refractivity contribution in [1.29, 1.82) is 0 Å². The molecule has 0 spiro atoms. The number of hydrogen-bond acceptors (Lipinski definition) is 5. The highest BCUT2D eigenvalue weighted by molar-refractivity contribution is 6.42. The molecule has 3 N–H and O–H groups in total. The highest BCUT2D eigenvalue weighted by Gasteiger charge is 2.15. The van der Waals surface area contributed by atoms with Crippen LogP contribution in [0.25, 0.3) is 11.6 Å². The van der Waals surface area contributed by atoms with Crippen molar-refractivity contribution in [3.63, 3.8) is 0 Å². The number of aliphatic imine (C=N–C) groups is 1. The van der Waals surface area contributed by atoms with Crippen molar-refractivity contribution in [1.82, 2.24) is 15.0 Å². The van der Waals surface area contributed by atoms with Crippen LogP contribution in [0.5, 0.6) is 5.88 Å². The summed E-state index contributed by atoms with van der Waals surface area (Å²) < 4.78 is 0. The summed E-state index contributed by atoms with van der Waals surface area (Å²) in [5, 5.41) is 14.2. The smallest absolute Gasteiger partial charge is 0.238 e. The number of hydrogen-bond donors (Lipinski definition) is 3. The minimum atomic E-state index is -0.0973. The van der Waals surface area contributed by atoms with E-state index in [-0.39, 0.29) is 30.7 Å². The van der Waals surface area contributed by atoms with Gasteiger partial charge in [0.2, 0.25) is 11.8 Å². The van der Waals surface area contributed by atoms with E-state index in [0.29, 0.717) is 34.1 Å². The highest BCUT2D eigenvalue weighted by Crippen LogP contribution is 2.31. The third kappa shape index (κ3) is 4.59. The molecule has 0 bridgehead atoms. The number of rotatable bonds is 4. The molecule has 1 aliphatic rings. The SMILES string of the molecule is Cl.Cl.Oc1nc(NCc2ccc(Cl)c(Cl)c2)[nH]c1C=C1C=Nc2ncccc21. The third-order valence-electron chi connectivity index (χ3n) is 3.88. The van der Waals surface area contributed by atoms with Gasteiger partial charge >= 0.3 is 0 Å². The molecule has 10 heteroatoms. The van der Waals surface area contributed by atoms with Crippen molar-refractivity contribution in [2.45, 2.75) is 6.54 Å². The van der Waals surface area contributed by atoms with E-state index in [2.05, 4.69) is 25.3 Å². The van der Waals surface area contributed by atoms with Gasteiger partial charge in [-0.2, -0.15) is 4.98 Å². The first-order chi connectivity index (χ1) is 12.6. The molecule has 6 nitrogen and oxygen atoms in total. The summed E-state index contributed by atoms with van der Waals surface area (Å²) in [5.74, 6) is 1.01. The summed E-state index contributed by atoms with van der Waals surface area (Å²) in [6.45, 7) is 0.480. The number of imidazole rings is 1. The Balaban J connectivity index is 0.00000140. The number of aromatic nitrogens is 3. The van der Waals surface area contributed by atoms with Gasteiger partial charge in [0.1, 0.15) is 5.69 Å². The normalized spacial score (nSPS) is 13.0. The van der Waals surface area contributed by atoms with Crippen LogP contribution < -0.4 is 5.32 Å². The number of fused-ring (bicyclic) bond motifs is 1. The fourth-order valence-electron chi connectivity index (χ4n) is 2.59. The molecule has 0 fully saturated rings. The van der Waals surface area contributed by atoms with Crippen LogP contribution in [0.4, 0.5) is 11.8 Å². The standard InChI is InChI=1S/C18H13Cl2N5O.2ClH/c19-13-4-3-10(6-14(13)20)8-23-18-24-15(17(26)25-18)7-11-9-22-16-12(11)2-1-5-21-16;;/h1-7,9,26H,8H2,(H2,23,24,25);2*1H. The second-order valence-electron chi connectivity index (χ2n) is 5.66. The Kier molecular flexibility index (Phi) is 7.32. The molecule has 3 heterocycles. The van der Waals surface area contributed by atoms with E-state index in [0.717, 1.165) is 16.7 Å². The molecule has 0 aliphatic carbocycles. The van der Waals surface area contributed by atoms with Crippen LogP contribution in [0.3, 0.4) is 0 Å². The summed E-state index contributed by atoms with van der Waals surface area (Å²) in [6.07, 6.45) is 5.18. The molecule has 0 saturated heterocycles. The number of allylic oxidation sites excluding steroid dienone is 1. The van der Waals surface area contributed by atoms with Gasteiger partial charge in [-0.05, 0) is 35.9 Å². The lowest BCUT2D eigenvalue weighted by Gasteiger charge is -2.04. The summed E-state index contributed by atoms with van der Waals surface area (Å²) in [5.41, 5.74) is 3.19. The molecule has 146 valence electrons. The lowest BCUT2D eigenvalue weighted by atomic mass is 10.1. The summed E-state index contributed by atoms with van der Waals surface area (Å²) in [7, 11) is 0. The van der Waals surface area contributed by atoms with E-state index < -0.39 is 0 Å². The number of aromatic hydroxyl groups is 1. The molecule has 0 saturated carbocycles. The number of H-pyrrole nitrogens is 1. The van der Waals surface area contributed by atoms with Gasteiger partial charge in [0, 0.05) is 30.1 Å². The summed E-state index contributed by atoms with van der Waals surface area (Å²) in [6, 6.07) is 9.16. The van der Waals surface area contributed by atoms with Gasteiger partial charge in [-0.3, -0.25) is 0 Å². The van der Waals surface area contributed by atoms with Crippen LogP contribution in [0.2, 0.25) is 10.0 Å². The first-order valence-corrected chi connectivity index (χ1v) is 8.53. The van der Waals surface area contributed by atoms with E-state index >= 15 is 0 Å². The Morgan fingerprint density at radius 2 is 1.96 bits per heavy atom. The fraction of sp³-hybridized carbons (Fsp3) is 0.0556. The molecular weight excluding hydrogens is 444 g/mol. The molecular formula is C18H15Cl4N5O. The average Bonchev–Trinajstić information content (AvgIpc) is 3.20. The predicted octanol–water partition coefficient (Wildman–Crippen LogP) is 5.53. The van der Waals surface area contributed by atoms with Gasteiger partial charge in [-0.1, -0.05) is 29.3 Å². The Hall–Kier alpha value is -2.25. The van der Waals surface area contributed by atoms with Crippen molar-refractivity contribution >= 4 is 77.6 Å². The third-order valence-corrected chi connectivity index (χ3v) is 4.62. The molecule has 1 aliphatic heterocycles.